The minimum absolute atomic E-state index is 0.287. The van der Waals surface area contributed by atoms with Gasteiger partial charge in [-0.25, -0.2) is 0 Å². The Balaban J connectivity index is 1.30. The van der Waals surface area contributed by atoms with Crippen LogP contribution in [0.25, 0.3) is 22.3 Å². The van der Waals surface area contributed by atoms with Gasteiger partial charge in [0.1, 0.15) is 0 Å². The Hall–Kier alpha value is -3.05. The monoisotopic (exact) mass is 370 g/mol. The minimum atomic E-state index is 0.287. The molecule has 0 radical (unpaired) electrons. The molecule has 3 heterocycles. The highest BCUT2D eigenvalue weighted by atomic mass is 16.5. The molecule has 140 valence electrons. The summed E-state index contributed by atoms with van der Waals surface area (Å²) in [4.78, 5) is 11.7. The number of benzene rings is 2. The van der Waals surface area contributed by atoms with Gasteiger partial charge in [-0.2, -0.15) is 4.98 Å². The first kappa shape index (κ1) is 17.1. The summed E-state index contributed by atoms with van der Waals surface area (Å²) in [5, 5.41) is 5.39. The first-order valence-electron chi connectivity index (χ1n) is 9.72. The van der Waals surface area contributed by atoms with Gasteiger partial charge in [0.2, 0.25) is 11.7 Å². The second-order valence-corrected chi connectivity index (χ2v) is 7.54. The van der Waals surface area contributed by atoms with Crippen LogP contribution in [0, 0.1) is 6.92 Å². The third kappa shape index (κ3) is 3.29. The van der Waals surface area contributed by atoms with E-state index in [1.165, 1.54) is 16.5 Å². The fourth-order valence-electron chi connectivity index (χ4n) is 3.93. The number of likely N-dealkylation sites (tertiary alicyclic amines) is 1. The number of pyridine rings is 1. The van der Waals surface area contributed by atoms with E-state index in [2.05, 4.69) is 63.3 Å². The molecular weight excluding hydrogens is 348 g/mol. The van der Waals surface area contributed by atoms with E-state index in [-0.39, 0.29) is 5.92 Å². The van der Waals surface area contributed by atoms with E-state index < -0.39 is 0 Å². The molecule has 1 aliphatic rings. The number of hydrogen-bond donors (Lipinski definition) is 0. The zero-order valence-corrected chi connectivity index (χ0v) is 15.9. The lowest BCUT2D eigenvalue weighted by molar-refractivity contribution is 0.310. The molecule has 1 aliphatic heterocycles. The van der Waals surface area contributed by atoms with E-state index in [9.17, 15) is 0 Å². The summed E-state index contributed by atoms with van der Waals surface area (Å²) in [5.74, 6) is 1.70. The minimum Gasteiger partial charge on any atom is -0.339 e. The molecule has 28 heavy (non-hydrogen) atoms. The van der Waals surface area contributed by atoms with Gasteiger partial charge >= 0.3 is 0 Å². The van der Waals surface area contributed by atoms with Crippen molar-refractivity contribution in [1.82, 2.24) is 20.0 Å². The zero-order valence-electron chi connectivity index (χ0n) is 15.9. The zero-order chi connectivity index (χ0) is 18.9. The maximum Gasteiger partial charge on any atom is 0.231 e. The standard InChI is InChI=1S/C23H22N4O/c1-16-7-9-18(10-8-16)22-25-23(28-26-22)20-11-13-27(15-20)14-19-5-2-4-17-6-3-12-24-21(17)19/h2-10,12,20H,11,13-15H2,1H3/t20-/m0/s1. The van der Waals surface area contributed by atoms with Gasteiger partial charge in [-0.05, 0) is 31.5 Å². The first-order chi connectivity index (χ1) is 13.8. The van der Waals surface area contributed by atoms with Gasteiger partial charge in [0.05, 0.1) is 11.4 Å². The summed E-state index contributed by atoms with van der Waals surface area (Å²) in [6, 6.07) is 18.7. The molecule has 0 spiro atoms. The smallest absolute Gasteiger partial charge is 0.231 e. The molecule has 2 aromatic carbocycles. The van der Waals surface area contributed by atoms with Crippen LogP contribution in [0.1, 0.15) is 29.4 Å². The second kappa shape index (κ2) is 7.17. The van der Waals surface area contributed by atoms with Crippen LogP contribution in [-0.4, -0.2) is 33.1 Å². The Morgan fingerprint density at radius 3 is 2.82 bits per heavy atom. The van der Waals surface area contributed by atoms with E-state index in [0.717, 1.165) is 43.0 Å². The van der Waals surface area contributed by atoms with Crippen molar-refractivity contribution in [2.24, 2.45) is 0 Å². The summed E-state index contributed by atoms with van der Waals surface area (Å²) < 4.78 is 5.60. The van der Waals surface area contributed by atoms with Crippen molar-refractivity contribution in [3.05, 3.63) is 77.8 Å². The van der Waals surface area contributed by atoms with Gasteiger partial charge in [0.25, 0.3) is 0 Å². The Morgan fingerprint density at radius 2 is 1.93 bits per heavy atom. The second-order valence-electron chi connectivity index (χ2n) is 7.54. The Bertz CT molecular complexity index is 1100. The Labute approximate surface area is 164 Å². The van der Waals surface area contributed by atoms with Crippen LogP contribution in [0.4, 0.5) is 0 Å². The molecule has 5 nitrogen and oxygen atoms in total. The molecule has 0 bridgehead atoms. The van der Waals surface area contributed by atoms with Crippen molar-refractivity contribution >= 4 is 10.9 Å². The number of aromatic nitrogens is 3. The van der Waals surface area contributed by atoms with Gasteiger partial charge in [0.15, 0.2) is 0 Å². The van der Waals surface area contributed by atoms with Gasteiger partial charge in [-0.15, -0.1) is 0 Å². The SMILES string of the molecule is Cc1ccc(-c2noc([C@H]3CCN(Cc4cccc5cccnc45)C3)n2)cc1. The van der Waals surface area contributed by atoms with Crippen LogP contribution >= 0.6 is 0 Å². The predicted octanol–water partition coefficient (Wildman–Crippen LogP) is 4.58. The molecule has 5 heteroatoms. The summed E-state index contributed by atoms with van der Waals surface area (Å²) in [7, 11) is 0. The number of para-hydroxylation sites is 1. The largest absolute Gasteiger partial charge is 0.339 e. The topological polar surface area (TPSA) is 55.1 Å². The quantitative estimate of drug-likeness (QED) is 0.526. The number of aryl methyl sites for hydroxylation is 1. The van der Waals surface area contributed by atoms with E-state index >= 15 is 0 Å². The number of rotatable bonds is 4. The fraction of sp³-hybridized carbons (Fsp3) is 0.261. The van der Waals surface area contributed by atoms with E-state index in [0.29, 0.717) is 5.82 Å². The third-order valence-electron chi connectivity index (χ3n) is 5.48. The molecule has 1 saturated heterocycles. The van der Waals surface area contributed by atoms with E-state index in [4.69, 9.17) is 4.52 Å². The van der Waals surface area contributed by atoms with Crippen LogP contribution < -0.4 is 0 Å². The van der Waals surface area contributed by atoms with Gasteiger partial charge in [-0.3, -0.25) is 9.88 Å². The van der Waals surface area contributed by atoms with Crippen LogP contribution in [0.3, 0.4) is 0 Å². The molecule has 5 rings (SSSR count). The van der Waals surface area contributed by atoms with Crippen molar-refractivity contribution in [1.29, 1.82) is 0 Å². The van der Waals surface area contributed by atoms with E-state index in [1.807, 2.05) is 24.4 Å². The molecule has 0 N–H and O–H groups in total. The number of nitrogens with zero attached hydrogens (tertiary/aromatic N) is 4. The molecule has 0 unspecified atom stereocenters. The lowest BCUT2D eigenvalue weighted by atomic mass is 10.1. The molecule has 2 aromatic heterocycles. The van der Waals surface area contributed by atoms with Crippen LogP contribution in [0.5, 0.6) is 0 Å². The summed E-state index contributed by atoms with van der Waals surface area (Å²) in [6.45, 7) is 4.92. The molecule has 4 aromatic rings. The predicted molar refractivity (Wildman–Crippen MR) is 109 cm³/mol. The highest BCUT2D eigenvalue weighted by Gasteiger charge is 2.28. The van der Waals surface area contributed by atoms with E-state index in [1.54, 1.807) is 0 Å². The fourth-order valence-corrected chi connectivity index (χ4v) is 3.93. The molecule has 1 atom stereocenters. The van der Waals surface area contributed by atoms with Gasteiger partial charge in [-0.1, -0.05) is 59.3 Å². The maximum atomic E-state index is 5.60. The summed E-state index contributed by atoms with van der Waals surface area (Å²) in [5.41, 5.74) is 4.58. The average Bonchev–Trinajstić information content (AvgIpc) is 3.39. The van der Waals surface area contributed by atoms with Crippen molar-refractivity contribution in [2.75, 3.05) is 13.1 Å². The van der Waals surface area contributed by atoms with Gasteiger partial charge < -0.3 is 4.52 Å². The molecule has 0 aliphatic carbocycles. The average molecular weight is 370 g/mol. The van der Waals surface area contributed by atoms with Crippen LogP contribution in [0.2, 0.25) is 0 Å². The summed E-state index contributed by atoms with van der Waals surface area (Å²) in [6.07, 6.45) is 2.90. The van der Waals surface area contributed by atoms with Gasteiger partial charge in [0, 0.05) is 30.2 Å². The van der Waals surface area contributed by atoms with Crippen LogP contribution in [0.15, 0.2) is 65.3 Å². The molecular formula is C23H22N4O. The summed E-state index contributed by atoms with van der Waals surface area (Å²) >= 11 is 0. The van der Waals surface area contributed by atoms with Crippen LogP contribution in [-0.2, 0) is 6.54 Å². The first-order valence-corrected chi connectivity index (χ1v) is 9.72. The normalized spacial score (nSPS) is 17.4. The third-order valence-corrected chi connectivity index (χ3v) is 5.48. The number of hydrogen-bond acceptors (Lipinski definition) is 5. The van der Waals surface area contributed by atoms with Crippen molar-refractivity contribution < 1.29 is 4.52 Å². The Kier molecular flexibility index (Phi) is 4.37. The highest BCUT2D eigenvalue weighted by molar-refractivity contribution is 5.81. The lowest BCUT2D eigenvalue weighted by Crippen LogP contribution is -2.20. The molecule has 1 fully saturated rings. The Morgan fingerprint density at radius 1 is 1.07 bits per heavy atom. The molecule has 0 saturated carbocycles. The lowest BCUT2D eigenvalue weighted by Gasteiger charge is -2.16. The highest BCUT2D eigenvalue weighted by Crippen LogP contribution is 2.29. The molecule has 0 amide bonds. The maximum absolute atomic E-state index is 5.60. The number of fused-ring (bicyclic) bond motifs is 1. The van der Waals surface area contributed by atoms with Crippen molar-refractivity contribution in [2.45, 2.75) is 25.8 Å². The van der Waals surface area contributed by atoms with Crippen molar-refractivity contribution in [3.63, 3.8) is 0 Å². The van der Waals surface area contributed by atoms with Crippen molar-refractivity contribution in [3.8, 4) is 11.4 Å².